The van der Waals surface area contributed by atoms with E-state index in [1.54, 1.807) is 4.68 Å². The first-order valence-corrected chi connectivity index (χ1v) is 5.29. The van der Waals surface area contributed by atoms with Crippen LogP contribution in [0.2, 0.25) is 0 Å². The van der Waals surface area contributed by atoms with Gasteiger partial charge in [0.2, 0.25) is 0 Å². The summed E-state index contributed by atoms with van der Waals surface area (Å²) in [5.74, 6) is 0. The summed E-state index contributed by atoms with van der Waals surface area (Å²) in [7, 11) is 1.85. The summed E-state index contributed by atoms with van der Waals surface area (Å²) in [6.45, 7) is 6.80. The lowest BCUT2D eigenvalue weighted by Crippen LogP contribution is -2.12. The fourth-order valence-corrected chi connectivity index (χ4v) is 1.47. The van der Waals surface area contributed by atoms with Gasteiger partial charge in [-0.15, -0.1) is 0 Å². The SMILES string of the molecule is Cn1nc(C(C)(C)C)cc1[C@H](O)CCN. The fraction of sp³-hybridized carbons (Fsp3) is 0.727. The Kier molecular flexibility index (Phi) is 3.52. The molecule has 0 bridgehead atoms. The largest absolute Gasteiger partial charge is 0.387 e. The van der Waals surface area contributed by atoms with Gasteiger partial charge in [-0.3, -0.25) is 4.68 Å². The van der Waals surface area contributed by atoms with E-state index >= 15 is 0 Å². The van der Waals surface area contributed by atoms with Crippen molar-refractivity contribution >= 4 is 0 Å². The second kappa shape index (κ2) is 4.33. The summed E-state index contributed by atoms with van der Waals surface area (Å²) in [6, 6.07) is 1.96. The van der Waals surface area contributed by atoms with Crippen LogP contribution in [0.4, 0.5) is 0 Å². The van der Waals surface area contributed by atoms with Crippen molar-refractivity contribution in [3.63, 3.8) is 0 Å². The van der Waals surface area contributed by atoms with E-state index < -0.39 is 6.10 Å². The van der Waals surface area contributed by atoms with Gasteiger partial charge in [0.1, 0.15) is 0 Å². The molecule has 1 aromatic rings. The number of nitrogens with two attached hydrogens (primary N) is 1. The number of aryl methyl sites for hydroxylation is 1. The monoisotopic (exact) mass is 211 g/mol. The van der Waals surface area contributed by atoms with Gasteiger partial charge in [0.25, 0.3) is 0 Å². The molecule has 0 aliphatic carbocycles. The van der Waals surface area contributed by atoms with E-state index in [9.17, 15) is 5.11 Å². The Morgan fingerprint density at radius 1 is 1.53 bits per heavy atom. The van der Waals surface area contributed by atoms with Crippen molar-refractivity contribution in [1.29, 1.82) is 0 Å². The maximum Gasteiger partial charge on any atom is 0.0968 e. The van der Waals surface area contributed by atoms with Crippen LogP contribution in [-0.2, 0) is 12.5 Å². The van der Waals surface area contributed by atoms with Crippen molar-refractivity contribution in [3.8, 4) is 0 Å². The van der Waals surface area contributed by atoms with Gasteiger partial charge in [-0.25, -0.2) is 0 Å². The highest BCUT2D eigenvalue weighted by Crippen LogP contribution is 2.24. The van der Waals surface area contributed by atoms with Crippen LogP contribution in [0.5, 0.6) is 0 Å². The molecule has 0 spiro atoms. The van der Waals surface area contributed by atoms with Crippen LogP contribution < -0.4 is 5.73 Å². The molecule has 0 aromatic carbocycles. The molecule has 0 saturated heterocycles. The molecule has 4 heteroatoms. The number of aromatic nitrogens is 2. The minimum Gasteiger partial charge on any atom is -0.387 e. The third-order valence-corrected chi connectivity index (χ3v) is 2.47. The Balaban J connectivity index is 2.96. The molecule has 1 heterocycles. The van der Waals surface area contributed by atoms with Crippen molar-refractivity contribution in [2.45, 2.75) is 38.7 Å². The van der Waals surface area contributed by atoms with E-state index in [4.69, 9.17) is 5.73 Å². The molecule has 0 unspecified atom stereocenters. The van der Waals surface area contributed by atoms with Crippen LogP contribution in [0.15, 0.2) is 6.07 Å². The van der Waals surface area contributed by atoms with Crippen molar-refractivity contribution < 1.29 is 5.11 Å². The van der Waals surface area contributed by atoms with E-state index in [2.05, 4.69) is 25.9 Å². The third kappa shape index (κ3) is 2.79. The summed E-state index contributed by atoms with van der Waals surface area (Å²) in [6.07, 6.45) is 0.0620. The normalized spacial score (nSPS) is 14.3. The summed E-state index contributed by atoms with van der Waals surface area (Å²) in [4.78, 5) is 0. The Labute approximate surface area is 91.1 Å². The van der Waals surface area contributed by atoms with E-state index in [1.807, 2.05) is 13.1 Å². The van der Waals surface area contributed by atoms with E-state index in [0.29, 0.717) is 13.0 Å². The van der Waals surface area contributed by atoms with Crippen molar-refractivity contribution in [1.82, 2.24) is 9.78 Å². The molecular formula is C11H21N3O. The highest BCUT2D eigenvalue weighted by atomic mass is 16.3. The first kappa shape index (κ1) is 12.2. The first-order valence-electron chi connectivity index (χ1n) is 5.29. The van der Waals surface area contributed by atoms with Crippen LogP contribution in [0, 0.1) is 0 Å². The van der Waals surface area contributed by atoms with Gasteiger partial charge in [0.15, 0.2) is 0 Å². The number of aliphatic hydroxyl groups excluding tert-OH is 1. The average molecular weight is 211 g/mol. The Bertz CT molecular complexity index is 325. The minimum atomic E-state index is -0.511. The van der Waals surface area contributed by atoms with Gasteiger partial charge in [0, 0.05) is 12.5 Å². The minimum absolute atomic E-state index is 0.0123. The lowest BCUT2D eigenvalue weighted by Gasteiger charge is -2.13. The maximum absolute atomic E-state index is 9.84. The van der Waals surface area contributed by atoms with E-state index in [-0.39, 0.29) is 5.41 Å². The molecule has 0 fully saturated rings. The molecule has 0 aliphatic heterocycles. The molecule has 86 valence electrons. The molecule has 0 saturated carbocycles. The standard InChI is InChI=1S/C11H21N3O/c1-11(2,3)10-7-8(14(4)13-10)9(15)5-6-12/h7,9,15H,5-6,12H2,1-4H3/t9-/m1/s1. The molecule has 3 N–H and O–H groups in total. The summed E-state index contributed by atoms with van der Waals surface area (Å²) in [5.41, 5.74) is 7.27. The van der Waals surface area contributed by atoms with E-state index in [1.165, 1.54) is 0 Å². The molecule has 1 atom stereocenters. The van der Waals surface area contributed by atoms with Crippen molar-refractivity contribution in [2.75, 3.05) is 6.54 Å². The van der Waals surface area contributed by atoms with Gasteiger partial charge in [-0.05, 0) is 19.0 Å². The second-order valence-electron chi connectivity index (χ2n) is 4.92. The number of hydrogen-bond acceptors (Lipinski definition) is 3. The van der Waals surface area contributed by atoms with Crippen LogP contribution in [-0.4, -0.2) is 21.4 Å². The predicted octanol–water partition coefficient (Wildman–Crippen LogP) is 1.10. The third-order valence-electron chi connectivity index (χ3n) is 2.47. The smallest absolute Gasteiger partial charge is 0.0968 e. The molecule has 4 nitrogen and oxygen atoms in total. The van der Waals surface area contributed by atoms with Gasteiger partial charge in [0.05, 0.1) is 17.5 Å². The lowest BCUT2D eigenvalue weighted by molar-refractivity contribution is 0.160. The highest BCUT2D eigenvalue weighted by Gasteiger charge is 2.21. The Morgan fingerprint density at radius 2 is 2.13 bits per heavy atom. The predicted molar refractivity (Wildman–Crippen MR) is 60.5 cm³/mol. The number of aliphatic hydroxyl groups is 1. The van der Waals surface area contributed by atoms with E-state index in [0.717, 1.165) is 11.4 Å². The lowest BCUT2D eigenvalue weighted by atomic mass is 9.92. The molecular weight excluding hydrogens is 190 g/mol. The number of nitrogens with zero attached hydrogens (tertiary/aromatic N) is 2. The molecule has 1 aromatic heterocycles. The number of rotatable bonds is 3. The van der Waals surface area contributed by atoms with Crippen LogP contribution >= 0.6 is 0 Å². The number of hydrogen-bond donors (Lipinski definition) is 2. The molecule has 0 amide bonds. The maximum atomic E-state index is 9.84. The highest BCUT2D eigenvalue weighted by molar-refractivity contribution is 5.19. The van der Waals surface area contributed by atoms with Crippen LogP contribution in [0.3, 0.4) is 0 Å². The summed E-state index contributed by atoms with van der Waals surface area (Å²) in [5, 5.41) is 14.2. The van der Waals surface area contributed by atoms with Gasteiger partial charge >= 0.3 is 0 Å². The fourth-order valence-electron chi connectivity index (χ4n) is 1.47. The molecule has 0 radical (unpaired) electrons. The summed E-state index contributed by atoms with van der Waals surface area (Å²) >= 11 is 0. The van der Waals surface area contributed by atoms with Crippen molar-refractivity contribution in [2.24, 2.45) is 12.8 Å². The topological polar surface area (TPSA) is 64.1 Å². The quantitative estimate of drug-likeness (QED) is 0.787. The Morgan fingerprint density at radius 3 is 2.53 bits per heavy atom. The van der Waals surface area contributed by atoms with Crippen LogP contribution in [0.1, 0.15) is 44.7 Å². The molecule has 0 aliphatic rings. The van der Waals surface area contributed by atoms with Crippen LogP contribution in [0.25, 0.3) is 0 Å². The average Bonchev–Trinajstić information content (AvgIpc) is 2.47. The Hall–Kier alpha value is -0.870. The van der Waals surface area contributed by atoms with Crippen molar-refractivity contribution in [3.05, 3.63) is 17.5 Å². The van der Waals surface area contributed by atoms with Gasteiger partial charge in [-0.1, -0.05) is 20.8 Å². The zero-order chi connectivity index (χ0) is 11.6. The van der Waals surface area contributed by atoms with Gasteiger partial charge < -0.3 is 10.8 Å². The molecule has 15 heavy (non-hydrogen) atoms. The molecule has 1 rings (SSSR count). The first-order chi connectivity index (χ1) is 6.86. The second-order valence-corrected chi connectivity index (χ2v) is 4.92. The van der Waals surface area contributed by atoms with Gasteiger partial charge in [-0.2, -0.15) is 5.10 Å². The zero-order valence-corrected chi connectivity index (χ0v) is 9.99. The zero-order valence-electron chi connectivity index (χ0n) is 9.99. The summed E-state index contributed by atoms with van der Waals surface area (Å²) < 4.78 is 1.74.